The summed E-state index contributed by atoms with van der Waals surface area (Å²) in [7, 11) is 0. The van der Waals surface area contributed by atoms with Gasteiger partial charge in [-0.3, -0.25) is 0 Å². The van der Waals surface area contributed by atoms with Gasteiger partial charge in [-0.2, -0.15) is 0 Å². The fourth-order valence-electron chi connectivity index (χ4n) is 1.74. The van der Waals surface area contributed by atoms with Crippen molar-refractivity contribution in [2.75, 3.05) is 13.2 Å². The summed E-state index contributed by atoms with van der Waals surface area (Å²) >= 11 is 0. The number of aliphatic hydroxyl groups excluding tert-OH is 1. The molecule has 0 aliphatic carbocycles. The van der Waals surface area contributed by atoms with E-state index in [0.717, 1.165) is 12.1 Å². The molecule has 0 aliphatic heterocycles. The predicted octanol–water partition coefficient (Wildman–Crippen LogP) is 2.64. The summed E-state index contributed by atoms with van der Waals surface area (Å²) in [4.78, 5) is 11.5. The number of aliphatic hydroxyl groups is 1. The van der Waals surface area contributed by atoms with Crippen LogP contribution in [-0.2, 0) is 11.2 Å². The fraction of sp³-hybridized carbons (Fsp3) is 0.533. The lowest BCUT2D eigenvalue weighted by atomic mass is 9.99. The molecule has 21 heavy (non-hydrogen) atoms. The largest absolute Gasteiger partial charge is 0.444 e. The minimum atomic E-state index is -0.661. The van der Waals surface area contributed by atoms with Gasteiger partial charge < -0.3 is 15.2 Å². The molecule has 1 unspecified atom stereocenters. The molecule has 0 radical (unpaired) electrons. The van der Waals surface area contributed by atoms with E-state index in [1.807, 2.05) is 0 Å². The molecular weight excluding hydrogens is 280 g/mol. The van der Waals surface area contributed by atoms with E-state index in [1.54, 1.807) is 20.8 Å². The first-order chi connectivity index (χ1) is 9.71. The topological polar surface area (TPSA) is 58.6 Å². The third kappa shape index (κ3) is 6.53. The molecule has 0 bridgehead atoms. The van der Waals surface area contributed by atoms with Crippen LogP contribution in [0.1, 0.15) is 26.3 Å². The molecule has 1 aromatic carbocycles. The summed E-state index contributed by atoms with van der Waals surface area (Å²) in [5.41, 5.74) is -0.316. The van der Waals surface area contributed by atoms with Gasteiger partial charge in [0.25, 0.3) is 0 Å². The Labute approximate surface area is 123 Å². The van der Waals surface area contributed by atoms with E-state index in [-0.39, 0.29) is 25.5 Å². The Bertz CT molecular complexity index is 486. The number of halogens is 2. The van der Waals surface area contributed by atoms with Crippen molar-refractivity contribution >= 4 is 6.09 Å². The lowest BCUT2D eigenvalue weighted by Crippen LogP contribution is -2.36. The van der Waals surface area contributed by atoms with Crippen LogP contribution in [0, 0.1) is 17.6 Å². The Morgan fingerprint density at radius 1 is 1.38 bits per heavy atom. The van der Waals surface area contributed by atoms with E-state index in [9.17, 15) is 18.7 Å². The standard InChI is InChI=1S/C15H21F2NO3/c1-15(2,3)21-14(20)18-8-10(9-19)6-11-4-5-12(16)7-13(11)17/h4-5,7,10,19H,6,8-9H2,1-3H3,(H,18,20). The first-order valence-corrected chi connectivity index (χ1v) is 6.73. The second-order valence-corrected chi connectivity index (χ2v) is 5.87. The van der Waals surface area contributed by atoms with Gasteiger partial charge in [0.15, 0.2) is 0 Å². The summed E-state index contributed by atoms with van der Waals surface area (Å²) in [6.07, 6.45) is -0.404. The Morgan fingerprint density at radius 2 is 2.05 bits per heavy atom. The maximum absolute atomic E-state index is 13.5. The lowest BCUT2D eigenvalue weighted by Gasteiger charge is -2.21. The molecule has 1 rings (SSSR count). The highest BCUT2D eigenvalue weighted by Gasteiger charge is 2.18. The molecule has 0 heterocycles. The summed E-state index contributed by atoms with van der Waals surface area (Å²) < 4.78 is 31.4. The van der Waals surface area contributed by atoms with Crippen molar-refractivity contribution in [1.29, 1.82) is 0 Å². The molecule has 1 amide bonds. The molecule has 0 aliphatic rings. The van der Waals surface area contributed by atoms with E-state index in [2.05, 4.69) is 5.32 Å². The van der Waals surface area contributed by atoms with Crippen LogP contribution >= 0.6 is 0 Å². The maximum atomic E-state index is 13.5. The van der Waals surface area contributed by atoms with Gasteiger partial charge in [-0.25, -0.2) is 13.6 Å². The zero-order valence-electron chi connectivity index (χ0n) is 12.5. The SMILES string of the molecule is CC(C)(C)OC(=O)NCC(CO)Cc1ccc(F)cc1F. The minimum Gasteiger partial charge on any atom is -0.444 e. The third-order valence-corrected chi connectivity index (χ3v) is 2.72. The zero-order chi connectivity index (χ0) is 16.0. The average molecular weight is 301 g/mol. The van der Waals surface area contributed by atoms with Crippen molar-refractivity contribution in [3.63, 3.8) is 0 Å². The molecular formula is C15H21F2NO3. The van der Waals surface area contributed by atoms with Crippen molar-refractivity contribution < 1.29 is 23.4 Å². The smallest absolute Gasteiger partial charge is 0.407 e. The molecule has 4 nitrogen and oxygen atoms in total. The number of nitrogens with one attached hydrogen (secondary N) is 1. The Kier molecular flexibility index (Phi) is 6.08. The molecule has 6 heteroatoms. The number of carbonyl (C=O) groups is 1. The van der Waals surface area contributed by atoms with Gasteiger partial charge in [0.2, 0.25) is 0 Å². The molecule has 2 N–H and O–H groups in total. The molecule has 118 valence electrons. The summed E-state index contributed by atoms with van der Waals surface area (Å²) in [6, 6.07) is 3.29. The average Bonchev–Trinajstić information content (AvgIpc) is 2.34. The second-order valence-electron chi connectivity index (χ2n) is 5.87. The van der Waals surface area contributed by atoms with Crippen molar-refractivity contribution in [2.45, 2.75) is 32.8 Å². The Hall–Kier alpha value is -1.69. The number of rotatable bonds is 5. The second kappa shape index (κ2) is 7.36. The van der Waals surface area contributed by atoms with Gasteiger partial charge in [-0.1, -0.05) is 6.07 Å². The highest BCUT2D eigenvalue weighted by molar-refractivity contribution is 5.67. The molecule has 0 saturated heterocycles. The van der Waals surface area contributed by atoms with Gasteiger partial charge in [-0.05, 0) is 38.8 Å². The Balaban J connectivity index is 2.54. The maximum Gasteiger partial charge on any atom is 0.407 e. The number of benzene rings is 1. The van der Waals surface area contributed by atoms with Crippen LogP contribution < -0.4 is 5.32 Å². The van der Waals surface area contributed by atoms with Crippen LogP contribution in [0.25, 0.3) is 0 Å². The quantitative estimate of drug-likeness (QED) is 0.879. The molecule has 0 aromatic heterocycles. The normalized spacial score (nSPS) is 12.9. The lowest BCUT2D eigenvalue weighted by molar-refractivity contribution is 0.0512. The van der Waals surface area contributed by atoms with Gasteiger partial charge >= 0.3 is 6.09 Å². The highest BCUT2D eigenvalue weighted by Crippen LogP contribution is 2.14. The molecule has 1 aromatic rings. The number of hydrogen-bond acceptors (Lipinski definition) is 3. The number of alkyl carbamates (subject to hydrolysis) is 1. The molecule has 0 fully saturated rings. The van der Waals surface area contributed by atoms with Crippen LogP contribution in [0.15, 0.2) is 18.2 Å². The minimum absolute atomic E-state index is 0.141. The van der Waals surface area contributed by atoms with Crippen LogP contribution in [-0.4, -0.2) is 30.0 Å². The van der Waals surface area contributed by atoms with Crippen LogP contribution in [0.5, 0.6) is 0 Å². The van der Waals surface area contributed by atoms with Crippen molar-refractivity contribution in [2.24, 2.45) is 5.92 Å². The van der Waals surface area contributed by atoms with Crippen molar-refractivity contribution in [3.8, 4) is 0 Å². The summed E-state index contributed by atoms with van der Waals surface area (Å²) in [5, 5.41) is 11.8. The number of amides is 1. The molecule has 0 spiro atoms. The van der Waals surface area contributed by atoms with E-state index >= 15 is 0 Å². The highest BCUT2D eigenvalue weighted by atomic mass is 19.1. The Morgan fingerprint density at radius 3 is 2.57 bits per heavy atom. The van der Waals surface area contributed by atoms with E-state index in [1.165, 1.54) is 6.07 Å². The first kappa shape index (κ1) is 17.4. The zero-order valence-corrected chi connectivity index (χ0v) is 12.5. The molecule has 1 atom stereocenters. The van der Waals surface area contributed by atoms with Gasteiger partial charge in [-0.15, -0.1) is 0 Å². The summed E-state index contributed by atoms with van der Waals surface area (Å²) in [6.45, 7) is 5.13. The summed E-state index contributed by atoms with van der Waals surface area (Å²) in [5.74, 6) is -1.69. The van der Waals surface area contributed by atoms with Crippen LogP contribution in [0.3, 0.4) is 0 Å². The number of ether oxygens (including phenoxy) is 1. The van der Waals surface area contributed by atoms with Gasteiger partial charge in [0, 0.05) is 25.1 Å². The van der Waals surface area contributed by atoms with Gasteiger partial charge in [0.1, 0.15) is 17.2 Å². The van der Waals surface area contributed by atoms with Gasteiger partial charge in [0.05, 0.1) is 0 Å². The van der Waals surface area contributed by atoms with Crippen molar-refractivity contribution in [1.82, 2.24) is 5.32 Å². The van der Waals surface area contributed by atoms with Crippen LogP contribution in [0.2, 0.25) is 0 Å². The van der Waals surface area contributed by atoms with E-state index in [0.29, 0.717) is 5.56 Å². The van der Waals surface area contributed by atoms with E-state index in [4.69, 9.17) is 4.74 Å². The third-order valence-electron chi connectivity index (χ3n) is 2.72. The monoisotopic (exact) mass is 301 g/mol. The molecule has 0 saturated carbocycles. The van der Waals surface area contributed by atoms with Crippen LogP contribution in [0.4, 0.5) is 13.6 Å². The van der Waals surface area contributed by atoms with E-state index < -0.39 is 23.3 Å². The van der Waals surface area contributed by atoms with Crippen molar-refractivity contribution in [3.05, 3.63) is 35.4 Å². The fourth-order valence-corrected chi connectivity index (χ4v) is 1.74. The first-order valence-electron chi connectivity index (χ1n) is 6.73. The predicted molar refractivity (Wildman–Crippen MR) is 74.9 cm³/mol. The number of carbonyl (C=O) groups excluding carboxylic acids is 1. The number of hydrogen-bond donors (Lipinski definition) is 2.